The second kappa shape index (κ2) is 13.2. The highest BCUT2D eigenvalue weighted by Crippen LogP contribution is 2.27. The molecule has 238 valence electrons. The number of hydrogen-bond acceptors (Lipinski definition) is 7. The first-order valence-corrected chi connectivity index (χ1v) is 15.2. The molecular weight excluding hydrogens is 594 g/mol. The monoisotopic (exact) mass is 629 g/mol. The lowest BCUT2D eigenvalue weighted by Crippen LogP contribution is -2.38. The van der Waals surface area contributed by atoms with E-state index in [0.29, 0.717) is 47.7 Å². The van der Waals surface area contributed by atoms with E-state index < -0.39 is 0 Å². The maximum atomic E-state index is 13.3. The van der Waals surface area contributed by atoms with Crippen LogP contribution in [0.1, 0.15) is 37.5 Å². The molecule has 11 nitrogen and oxygen atoms in total. The van der Waals surface area contributed by atoms with E-state index >= 15 is 0 Å². The predicted molar refractivity (Wildman–Crippen MR) is 179 cm³/mol. The molecule has 0 radical (unpaired) electrons. The molecule has 1 atom stereocenters. The summed E-state index contributed by atoms with van der Waals surface area (Å²) in [5, 5.41) is 7.19. The molecule has 5 aromatic rings. The first kappa shape index (κ1) is 31.0. The number of ether oxygens (including phenoxy) is 1. The van der Waals surface area contributed by atoms with E-state index in [9.17, 15) is 14.4 Å². The van der Waals surface area contributed by atoms with Crippen molar-refractivity contribution in [2.45, 2.75) is 12.5 Å². The zero-order valence-electron chi connectivity index (χ0n) is 26.4. The van der Waals surface area contributed by atoms with Crippen LogP contribution in [0.3, 0.4) is 0 Å². The summed E-state index contributed by atoms with van der Waals surface area (Å²) in [7, 11) is 5.25. The molecule has 0 bridgehead atoms. The van der Waals surface area contributed by atoms with E-state index in [1.165, 1.54) is 4.90 Å². The van der Waals surface area contributed by atoms with Gasteiger partial charge >= 0.3 is 0 Å². The Kier molecular flexibility index (Phi) is 8.70. The number of aryl methyl sites for hydroxylation is 1. The summed E-state index contributed by atoms with van der Waals surface area (Å²) in [6.45, 7) is 0.934. The largest absolute Gasteiger partial charge is 0.457 e. The van der Waals surface area contributed by atoms with Gasteiger partial charge in [-0.05, 0) is 72.1 Å². The maximum absolute atomic E-state index is 13.3. The number of nitrogens with zero attached hydrogens (tertiary/aromatic N) is 5. The van der Waals surface area contributed by atoms with E-state index in [2.05, 4.69) is 15.4 Å². The summed E-state index contributed by atoms with van der Waals surface area (Å²) in [6.07, 6.45) is 5.80. The van der Waals surface area contributed by atoms with Crippen molar-refractivity contribution in [1.29, 1.82) is 0 Å². The molecule has 1 saturated heterocycles. The minimum Gasteiger partial charge on any atom is -0.457 e. The molecular formula is C36H35N7O4. The summed E-state index contributed by atoms with van der Waals surface area (Å²) in [6, 6.07) is 23.7. The number of amides is 3. The minimum absolute atomic E-state index is 0.0640. The number of carbonyl (C=O) groups is 3. The standard InChI is InChI=1S/C36H35N7O4/c1-41(2)35(45)25-10-14-31(15-11-25)47-30-12-8-24(9-13-30)23-4-6-26(7-5-23)36(46)43-17-16-29(22-43)40-34(44)32-18-27(19-38-33(32)37)28-20-39-42(3)21-28/h4-15,18-21,29H,16-17,22H2,1-3H3,(H2,37,38)(H,40,44)/t29-/m1/s1. The van der Waals surface area contributed by atoms with Crippen LogP contribution in [0.15, 0.2) is 97.5 Å². The van der Waals surface area contributed by atoms with Crippen molar-refractivity contribution in [2.75, 3.05) is 32.9 Å². The third-order valence-electron chi connectivity index (χ3n) is 8.07. The van der Waals surface area contributed by atoms with Gasteiger partial charge in [0.1, 0.15) is 17.3 Å². The van der Waals surface area contributed by atoms with Crippen LogP contribution in [0.2, 0.25) is 0 Å². The molecule has 0 spiro atoms. The van der Waals surface area contributed by atoms with Gasteiger partial charge in [0, 0.05) is 74.9 Å². The van der Waals surface area contributed by atoms with E-state index in [-0.39, 0.29) is 29.6 Å². The van der Waals surface area contributed by atoms with Crippen LogP contribution < -0.4 is 15.8 Å². The number of aromatic nitrogens is 3. The van der Waals surface area contributed by atoms with Gasteiger partial charge in [0.15, 0.2) is 0 Å². The zero-order chi connectivity index (χ0) is 33.1. The molecule has 0 saturated carbocycles. The van der Waals surface area contributed by atoms with E-state index in [1.807, 2.05) is 61.8 Å². The summed E-state index contributed by atoms with van der Waals surface area (Å²) in [4.78, 5) is 46.0. The van der Waals surface area contributed by atoms with Crippen LogP contribution in [0.4, 0.5) is 5.82 Å². The van der Waals surface area contributed by atoms with Crippen molar-refractivity contribution in [3.05, 3.63) is 114 Å². The molecule has 1 fully saturated rings. The van der Waals surface area contributed by atoms with Gasteiger partial charge in [0.2, 0.25) is 0 Å². The van der Waals surface area contributed by atoms with Gasteiger partial charge in [-0.15, -0.1) is 0 Å². The number of carbonyl (C=O) groups excluding carboxylic acids is 3. The molecule has 0 aliphatic carbocycles. The van der Waals surface area contributed by atoms with Crippen LogP contribution >= 0.6 is 0 Å². The zero-order valence-corrected chi connectivity index (χ0v) is 26.4. The number of rotatable bonds is 8. The molecule has 0 unspecified atom stereocenters. The summed E-state index contributed by atoms with van der Waals surface area (Å²) in [5.74, 6) is 0.975. The van der Waals surface area contributed by atoms with Crippen LogP contribution in [0, 0.1) is 0 Å². The fourth-order valence-electron chi connectivity index (χ4n) is 5.47. The number of likely N-dealkylation sites (tertiary alicyclic amines) is 1. The lowest BCUT2D eigenvalue weighted by molar-refractivity contribution is 0.0782. The van der Waals surface area contributed by atoms with E-state index in [4.69, 9.17) is 10.5 Å². The highest BCUT2D eigenvalue weighted by atomic mass is 16.5. The first-order chi connectivity index (χ1) is 22.6. The number of benzene rings is 3. The Balaban J connectivity index is 1.04. The molecule has 3 N–H and O–H groups in total. The SMILES string of the molecule is CN(C)C(=O)c1ccc(Oc2ccc(-c3ccc(C(=O)N4CC[C@@H](NC(=O)c5cc(-c6cnn(C)c6)cnc5N)C4)cc3)cc2)cc1. The van der Waals surface area contributed by atoms with Gasteiger partial charge in [-0.25, -0.2) is 4.98 Å². The van der Waals surface area contributed by atoms with Crippen molar-refractivity contribution >= 4 is 23.5 Å². The Labute approximate surface area is 272 Å². The van der Waals surface area contributed by atoms with E-state index in [1.54, 1.807) is 66.4 Å². The van der Waals surface area contributed by atoms with Gasteiger partial charge < -0.3 is 25.6 Å². The Morgan fingerprint density at radius 2 is 1.47 bits per heavy atom. The van der Waals surface area contributed by atoms with Crippen molar-refractivity contribution in [1.82, 2.24) is 29.9 Å². The summed E-state index contributed by atoms with van der Waals surface area (Å²) < 4.78 is 7.62. The molecule has 3 amide bonds. The van der Waals surface area contributed by atoms with Crippen LogP contribution in [-0.4, -0.2) is 75.5 Å². The molecule has 2 aromatic heterocycles. The Hall–Kier alpha value is -5.97. The van der Waals surface area contributed by atoms with Crippen molar-refractivity contribution in [2.24, 2.45) is 7.05 Å². The minimum atomic E-state index is -0.324. The number of nitrogens with two attached hydrogens (primary N) is 1. The normalized spacial score (nSPS) is 14.1. The maximum Gasteiger partial charge on any atom is 0.255 e. The van der Waals surface area contributed by atoms with Crippen LogP contribution in [-0.2, 0) is 7.05 Å². The first-order valence-electron chi connectivity index (χ1n) is 15.2. The number of anilines is 1. The highest BCUT2D eigenvalue weighted by Gasteiger charge is 2.29. The lowest BCUT2D eigenvalue weighted by Gasteiger charge is -2.18. The Morgan fingerprint density at radius 1 is 0.851 bits per heavy atom. The number of nitrogens with one attached hydrogen (secondary N) is 1. The Bertz CT molecular complexity index is 1920. The molecule has 11 heteroatoms. The van der Waals surface area contributed by atoms with Crippen molar-refractivity contribution < 1.29 is 19.1 Å². The number of nitrogen functional groups attached to an aromatic ring is 1. The fraction of sp³-hybridized carbons (Fsp3) is 0.194. The van der Waals surface area contributed by atoms with Gasteiger partial charge in [-0.3, -0.25) is 19.1 Å². The molecule has 1 aliphatic heterocycles. The Morgan fingerprint density at radius 3 is 2.09 bits per heavy atom. The third kappa shape index (κ3) is 6.99. The predicted octanol–water partition coefficient (Wildman–Crippen LogP) is 4.87. The molecule has 1 aliphatic rings. The van der Waals surface area contributed by atoms with Gasteiger partial charge in [-0.1, -0.05) is 24.3 Å². The van der Waals surface area contributed by atoms with Crippen LogP contribution in [0.25, 0.3) is 22.3 Å². The third-order valence-corrected chi connectivity index (χ3v) is 8.07. The summed E-state index contributed by atoms with van der Waals surface area (Å²) >= 11 is 0. The average Bonchev–Trinajstić information content (AvgIpc) is 3.74. The van der Waals surface area contributed by atoms with Gasteiger partial charge in [-0.2, -0.15) is 5.10 Å². The topological polar surface area (TPSA) is 136 Å². The number of pyridine rings is 1. The molecule has 3 heterocycles. The molecule has 47 heavy (non-hydrogen) atoms. The number of hydrogen-bond donors (Lipinski definition) is 2. The molecule has 6 rings (SSSR count). The second-order valence-corrected chi connectivity index (χ2v) is 11.7. The molecule has 3 aromatic carbocycles. The van der Waals surface area contributed by atoms with Crippen molar-refractivity contribution in [3.8, 4) is 33.8 Å². The van der Waals surface area contributed by atoms with Gasteiger partial charge in [0.05, 0.1) is 11.8 Å². The van der Waals surface area contributed by atoms with E-state index in [0.717, 1.165) is 22.3 Å². The summed E-state index contributed by atoms with van der Waals surface area (Å²) in [5.41, 5.74) is 11.0. The smallest absolute Gasteiger partial charge is 0.255 e. The van der Waals surface area contributed by atoms with Gasteiger partial charge in [0.25, 0.3) is 17.7 Å². The van der Waals surface area contributed by atoms with Crippen molar-refractivity contribution in [3.63, 3.8) is 0 Å². The fourth-order valence-corrected chi connectivity index (χ4v) is 5.47. The quantitative estimate of drug-likeness (QED) is 0.250. The average molecular weight is 630 g/mol. The second-order valence-electron chi connectivity index (χ2n) is 11.7. The highest BCUT2D eigenvalue weighted by molar-refractivity contribution is 6.00. The lowest BCUT2D eigenvalue weighted by atomic mass is 10.0. The van der Waals surface area contributed by atoms with Crippen LogP contribution in [0.5, 0.6) is 11.5 Å².